The summed E-state index contributed by atoms with van der Waals surface area (Å²) in [7, 11) is 0. The van der Waals surface area contributed by atoms with E-state index in [9.17, 15) is 0 Å². The van der Waals surface area contributed by atoms with Gasteiger partial charge in [-0.2, -0.15) is 0 Å². The second-order valence-electron chi connectivity index (χ2n) is 4.07. The van der Waals surface area contributed by atoms with Crippen LogP contribution in [-0.4, -0.2) is 6.10 Å². The predicted molar refractivity (Wildman–Crippen MR) is 58.7 cm³/mol. The molecule has 1 nitrogen and oxygen atoms in total. The van der Waals surface area contributed by atoms with Crippen LogP contribution in [0, 0.1) is 5.92 Å². The van der Waals surface area contributed by atoms with Crippen LogP contribution in [-0.2, 0) is 4.74 Å². The Morgan fingerprint density at radius 1 is 1.31 bits per heavy atom. The van der Waals surface area contributed by atoms with E-state index in [1.807, 2.05) is 6.92 Å². The molecule has 78 valence electrons. The van der Waals surface area contributed by atoms with E-state index in [1.165, 1.54) is 19.3 Å². The van der Waals surface area contributed by atoms with Gasteiger partial charge in [-0.25, -0.2) is 0 Å². The van der Waals surface area contributed by atoms with Crippen LogP contribution in [0.15, 0.2) is 12.3 Å². The second-order valence-corrected chi connectivity index (χ2v) is 4.07. The highest BCUT2D eigenvalue weighted by atomic mass is 16.5. The fraction of sp³-hybridized carbons (Fsp3) is 0.833. The monoisotopic (exact) mass is 184 g/mol. The summed E-state index contributed by atoms with van der Waals surface area (Å²) < 4.78 is 5.47. The number of rotatable bonds is 7. The van der Waals surface area contributed by atoms with Crippen molar-refractivity contribution in [3.05, 3.63) is 12.3 Å². The molecule has 2 atom stereocenters. The lowest BCUT2D eigenvalue weighted by Crippen LogP contribution is -2.06. The van der Waals surface area contributed by atoms with Gasteiger partial charge in [-0.3, -0.25) is 0 Å². The van der Waals surface area contributed by atoms with Gasteiger partial charge in [0.2, 0.25) is 0 Å². The largest absolute Gasteiger partial charge is 0.496 e. The average Bonchev–Trinajstić information content (AvgIpc) is 2.02. The molecular formula is C12H24O. The molecule has 0 fully saturated rings. The smallest absolute Gasteiger partial charge is 0.0954 e. The van der Waals surface area contributed by atoms with Crippen LogP contribution >= 0.6 is 0 Å². The van der Waals surface area contributed by atoms with Crippen LogP contribution in [0.25, 0.3) is 0 Å². The van der Waals surface area contributed by atoms with E-state index < -0.39 is 0 Å². The predicted octanol–water partition coefficient (Wildman–Crippen LogP) is 4.14. The summed E-state index contributed by atoms with van der Waals surface area (Å²) in [5, 5.41) is 0. The lowest BCUT2D eigenvalue weighted by atomic mass is 10.0. The summed E-state index contributed by atoms with van der Waals surface area (Å²) in [6.07, 6.45) is 5.36. The second kappa shape index (κ2) is 6.99. The number of hydrogen-bond donors (Lipinski definition) is 0. The van der Waals surface area contributed by atoms with Crippen molar-refractivity contribution >= 4 is 0 Å². The van der Waals surface area contributed by atoms with E-state index in [1.54, 1.807) is 0 Å². The zero-order valence-corrected chi connectivity index (χ0v) is 9.60. The molecule has 0 aliphatic heterocycles. The molecule has 0 saturated carbocycles. The standard InChI is InChI=1S/C12H24O/c1-6-11(4)8-7-9-12(5)13-10(2)3/h11-12H,2,6-9H2,1,3-5H3. The number of hydrogen-bond acceptors (Lipinski definition) is 1. The van der Waals surface area contributed by atoms with E-state index in [0.29, 0.717) is 6.10 Å². The summed E-state index contributed by atoms with van der Waals surface area (Å²) in [5.74, 6) is 1.69. The fourth-order valence-corrected chi connectivity index (χ4v) is 1.36. The normalized spacial score (nSPS) is 15.1. The molecule has 13 heavy (non-hydrogen) atoms. The van der Waals surface area contributed by atoms with E-state index in [-0.39, 0.29) is 0 Å². The summed E-state index contributed by atoms with van der Waals surface area (Å²) in [6, 6.07) is 0. The molecule has 0 aromatic heterocycles. The third-order valence-corrected chi connectivity index (χ3v) is 2.41. The Labute approximate surface area is 83.2 Å². The topological polar surface area (TPSA) is 9.23 Å². The van der Waals surface area contributed by atoms with Gasteiger partial charge >= 0.3 is 0 Å². The van der Waals surface area contributed by atoms with Gasteiger partial charge < -0.3 is 4.74 Å². The molecule has 0 bridgehead atoms. The first-order valence-electron chi connectivity index (χ1n) is 5.38. The molecule has 0 heterocycles. The van der Waals surface area contributed by atoms with Gasteiger partial charge in [0.1, 0.15) is 0 Å². The SMILES string of the molecule is C=C(C)OC(C)CCCC(C)CC. The molecule has 0 aliphatic rings. The maximum atomic E-state index is 5.47. The lowest BCUT2D eigenvalue weighted by Gasteiger charge is -2.15. The van der Waals surface area contributed by atoms with Crippen molar-refractivity contribution in [2.45, 2.75) is 59.5 Å². The molecule has 0 spiro atoms. The van der Waals surface area contributed by atoms with E-state index >= 15 is 0 Å². The molecule has 0 saturated heterocycles. The Hall–Kier alpha value is -0.460. The van der Waals surface area contributed by atoms with Crippen molar-refractivity contribution in [1.29, 1.82) is 0 Å². The van der Waals surface area contributed by atoms with E-state index in [4.69, 9.17) is 4.74 Å². The molecule has 0 aromatic carbocycles. The third kappa shape index (κ3) is 7.89. The summed E-state index contributed by atoms with van der Waals surface area (Å²) >= 11 is 0. The molecule has 0 amide bonds. The van der Waals surface area contributed by atoms with Crippen molar-refractivity contribution in [3.63, 3.8) is 0 Å². The van der Waals surface area contributed by atoms with Crippen LogP contribution in [0.4, 0.5) is 0 Å². The van der Waals surface area contributed by atoms with Crippen LogP contribution in [0.2, 0.25) is 0 Å². The van der Waals surface area contributed by atoms with Gasteiger partial charge in [0.25, 0.3) is 0 Å². The highest BCUT2D eigenvalue weighted by Gasteiger charge is 2.04. The van der Waals surface area contributed by atoms with Crippen LogP contribution < -0.4 is 0 Å². The molecule has 1 heteroatoms. The Balaban J connectivity index is 3.36. The van der Waals surface area contributed by atoms with Crippen molar-refractivity contribution in [2.24, 2.45) is 5.92 Å². The highest BCUT2D eigenvalue weighted by molar-refractivity contribution is 4.75. The van der Waals surface area contributed by atoms with Crippen LogP contribution in [0.3, 0.4) is 0 Å². The Morgan fingerprint density at radius 2 is 1.92 bits per heavy atom. The molecule has 0 radical (unpaired) electrons. The minimum Gasteiger partial charge on any atom is -0.496 e. The Kier molecular flexibility index (Phi) is 6.75. The minimum absolute atomic E-state index is 0.335. The van der Waals surface area contributed by atoms with Gasteiger partial charge in [-0.1, -0.05) is 33.3 Å². The minimum atomic E-state index is 0.335. The van der Waals surface area contributed by atoms with Gasteiger partial charge in [0.05, 0.1) is 11.9 Å². The number of allylic oxidation sites excluding steroid dienone is 1. The van der Waals surface area contributed by atoms with Crippen molar-refractivity contribution in [2.75, 3.05) is 0 Å². The zero-order valence-electron chi connectivity index (χ0n) is 9.60. The van der Waals surface area contributed by atoms with Gasteiger partial charge in [0.15, 0.2) is 0 Å². The Bertz CT molecular complexity index is 140. The Morgan fingerprint density at radius 3 is 2.38 bits per heavy atom. The van der Waals surface area contributed by atoms with Crippen molar-refractivity contribution in [1.82, 2.24) is 0 Å². The maximum Gasteiger partial charge on any atom is 0.0954 e. The maximum absolute atomic E-state index is 5.47. The van der Waals surface area contributed by atoms with Crippen molar-refractivity contribution in [3.8, 4) is 0 Å². The van der Waals surface area contributed by atoms with E-state index in [0.717, 1.165) is 18.1 Å². The fourth-order valence-electron chi connectivity index (χ4n) is 1.36. The first-order chi connectivity index (χ1) is 6.06. The zero-order chi connectivity index (χ0) is 10.3. The molecule has 0 rings (SSSR count). The third-order valence-electron chi connectivity index (χ3n) is 2.41. The molecule has 2 unspecified atom stereocenters. The highest BCUT2D eigenvalue weighted by Crippen LogP contribution is 2.14. The summed E-state index contributed by atoms with van der Waals surface area (Å²) in [5.41, 5.74) is 0. The van der Waals surface area contributed by atoms with Crippen LogP contribution in [0.1, 0.15) is 53.4 Å². The van der Waals surface area contributed by atoms with Gasteiger partial charge in [-0.15, -0.1) is 0 Å². The van der Waals surface area contributed by atoms with Crippen LogP contribution in [0.5, 0.6) is 0 Å². The summed E-state index contributed by atoms with van der Waals surface area (Å²) in [4.78, 5) is 0. The van der Waals surface area contributed by atoms with Crippen molar-refractivity contribution < 1.29 is 4.74 Å². The summed E-state index contributed by atoms with van der Waals surface area (Å²) in [6.45, 7) is 12.3. The average molecular weight is 184 g/mol. The molecular weight excluding hydrogens is 160 g/mol. The number of ether oxygens (including phenoxy) is 1. The molecule has 0 aromatic rings. The first kappa shape index (κ1) is 12.5. The lowest BCUT2D eigenvalue weighted by molar-refractivity contribution is 0.122. The molecule has 0 N–H and O–H groups in total. The van der Waals surface area contributed by atoms with E-state index in [2.05, 4.69) is 27.4 Å². The van der Waals surface area contributed by atoms with Gasteiger partial charge in [0, 0.05) is 0 Å². The quantitative estimate of drug-likeness (QED) is 0.540. The molecule has 0 aliphatic carbocycles. The first-order valence-corrected chi connectivity index (χ1v) is 5.38. The van der Waals surface area contributed by atoms with Gasteiger partial charge in [-0.05, 0) is 32.6 Å².